The van der Waals surface area contributed by atoms with Gasteiger partial charge in [-0.3, -0.25) is 23.6 Å². The number of methoxy groups -OCH3 is 2. The Morgan fingerprint density at radius 2 is 1.35 bits per heavy atom. The average molecular weight is 948 g/mol. The second kappa shape index (κ2) is 22.6. The number of carbonyl (C=O) groups is 2. The van der Waals surface area contributed by atoms with E-state index in [1.807, 2.05) is 124 Å². The smallest absolute Gasteiger partial charge is 0.330 e. The van der Waals surface area contributed by atoms with Gasteiger partial charge in [0.05, 0.1) is 53.0 Å². The van der Waals surface area contributed by atoms with Crippen LogP contribution in [0.25, 0.3) is 0 Å². The van der Waals surface area contributed by atoms with Crippen molar-refractivity contribution in [1.29, 1.82) is 0 Å². The zero-order valence-corrected chi connectivity index (χ0v) is 42.5. The summed E-state index contributed by atoms with van der Waals surface area (Å²) in [6, 6.07) is 33.4. The van der Waals surface area contributed by atoms with Gasteiger partial charge >= 0.3 is 11.6 Å². The van der Waals surface area contributed by atoms with E-state index >= 15 is 0 Å². The number of hydrogen-bond acceptors (Lipinski definition) is 9. The second-order valence-electron chi connectivity index (χ2n) is 18.3. The van der Waals surface area contributed by atoms with Gasteiger partial charge in [-0.1, -0.05) is 94.4 Å². The van der Waals surface area contributed by atoms with Crippen molar-refractivity contribution >= 4 is 25.3 Å². The van der Waals surface area contributed by atoms with Crippen LogP contribution in [0.2, 0.25) is 11.1 Å². The Labute approximate surface area is 402 Å². The minimum atomic E-state index is -3.00. The van der Waals surface area contributed by atoms with E-state index in [9.17, 15) is 19.2 Å². The number of hydrogen-bond donors (Lipinski definition) is 2. The van der Waals surface area contributed by atoms with Gasteiger partial charge in [0.15, 0.2) is 0 Å². The van der Waals surface area contributed by atoms with Crippen molar-refractivity contribution in [2.75, 3.05) is 47.0 Å². The lowest BCUT2D eigenvalue weighted by Crippen LogP contribution is -2.59. The van der Waals surface area contributed by atoms with E-state index in [-0.39, 0.29) is 29.5 Å². The monoisotopic (exact) mass is 947 g/mol. The van der Waals surface area contributed by atoms with Crippen LogP contribution in [-0.2, 0) is 24.3 Å². The van der Waals surface area contributed by atoms with Crippen LogP contribution in [-0.4, -0.2) is 93.4 Å². The van der Waals surface area contributed by atoms with Crippen LogP contribution >= 0.6 is 0 Å². The van der Waals surface area contributed by atoms with Gasteiger partial charge in [-0.2, -0.15) is 0 Å². The Kier molecular flexibility index (Phi) is 17.2. The molecule has 68 heavy (non-hydrogen) atoms. The maximum absolute atomic E-state index is 13.5. The van der Waals surface area contributed by atoms with Gasteiger partial charge in [-0.05, 0) is 103 Å². The first-order valence-corrected chi connectivity index (χ1v) is 26.1. The van der Waals surface area contributed by atoms with Gasteiger partial charge in [0.25, 0.3) is 11.5 Å². The molecule has 6 rings (SSSR count). The van der Waals surface area contributed by atoms with Crippen molar-refractivity contribution in [1.82, 2.24) is 14.9 Å². The first-order chi connectivity index (χ1) is 32.6. The third-order valence-corrected chi connectivity index (χ3v) is 19.5. The molecule has 0 unspecified atom stereocenters. The van der Waals surface area contributed by atoms with Crippen LogP contribution in [0.5, 0.6) is 11.5 Å². The number of aromatic nitrogens is 2. The van der Waals surface area contributed by atoms with E-state index in [1.54, 1.807) is 27.3 Å². The molecule has 0 saturated carbocycles. The quantitative estimate of drug-likeness (QED) is 0.0304. The summed E-state index contributed by atoms with van der Waals surface area (Å²) in [5.74, 6) is 1.41. The highest BCUT2D eigenvalue weighted by Gasteiger charge is 2.51. The minimum Gasteiger partial charge on any atom is -0.497 e. The molecular formula is C54H71N4O9Si+. The highest BCUT2D eigenvalue weighted by atomic mass is 28.4. The van der Waals surface area contributed by atoms with E-state index in [0.717, 1.165) is 41.5 Å². The molecule has 13 nitrogen and oxygen atoms in total. The van der Waals surface area contributed by atoms with Gasteiger partial charge in [0, 0.05) is 30.3 Å². The lowest BCUT2D eigenvalue weighted by Gasteiger charge is -2.42. The number of quaternary nitrogens is 1. The molecule has 1 saturated heterocycles. The fourth-order valence-electron chi connectivity index (χ4n) is 10.0. The molecular weight excluding hydrogens is 877 g/mol. The molecule has 14 heteroatoms. The Morgan fingerprint density at radius 3 is 1.87 bits per heavy atom. The SMILES string of the molecule is CC[N+](CC)(CC)C(=O)CCCNC(=O)c1ccc([Si](O[C@H]2C[C@H](n3cc(C)c(=O)[nH]c3=O)O[C@@H]2COC(c2ccccc2)(c2ccc(OC)cc2)c2ccc(OC)cc2)(C(C)C)C(C)C)cc1. The summed E-state index contributed by atoms with van der Waals surface area (Å²) >= 11 is 0. The Morgan fingerprint density at radius 1 is 0.809 bits per heavy atom. The molecule has 2 N–H and O–H groups in total. The molecule has 0 aliphatic carbocycles. The van der Waals surface area contributed by atoms with E-state index in [2.05, 4.69) is 38.0 Å². The zero-order chi connectivity index (χ0) is 49.2. The Hall–Kier alpha value is -5.64. The van der Waals surface area contributed by atoms with Gasteiger partial charge in [-0.25, -0.2) is 9.59 Å². The van der Waals surface area contributed by atoms with Gasteiger partial charge in [-0.15, -0.1) is 0 Å². The molecule has 1 aliphatic heterocycles. The highest BCUT2D eigenvalue weighted by molar-refractivity contribution is 6.88. The number of nitrogens with one attached hydrogen (secondary N) is 2. The lowest BCUT2D eigenvalue weighted by molar-refractivity contribution is -0.849. The van der Waals surface area contributed by atoms with Crippen LogP contribution in [0, 0.1) is 6.92 Å². The van der Waals surface area contributed by atoms with Crippen LogP contribution in [0.4, 0.5) is 0 Å². The maximum atomic E-state index is 13.5. The summed E-state index contributed by atoms with van der Waals surface area (Å²) < 4.78 is 35.0. The van der Waals surface area contributed by atoms with Gasteiger partial charge in [0.1, 0.15) is 29.4 Å². The van der Waals surface area contributed by atoms with Crippen molar-refractivity contribution in [2.24, 2.45) is 0 Å². The predicted octanol–water partition coefficient (Wildman–Crippen LogP) is 8.13. The van der Waals surface area contributed by atoms with E-state index < -0.39 is 43.6 Å². The molecule has 1 aliphatic rings. The minimum absolute atomic E-state index is 0.0475. The topological polar surface area (TPSA) is 147 Å². The maximum Gasteiger partial charge on any atom is 0.330 e. The number of H-pyrrole nitrogens is 1. The lowest BCUT2D eigenvalue weighted by atomic mass is 9.80. The zero-order valence-electron chi connectivity index (χ0n) is 41.5. The largest absolute Gasteiger partial charge is 0.497 e. The molecule has 3 atom stereocenters. The fraction of sp³-hybridized carbons (Fsp3) is 0.444. The molecule has 2 amide bonds. The standard InChI is InChI=1S/C54H70N4O9Si/c1-11-58(12-2,13-3)50(59)20-17-33-55-52(61)40-21-31-46(32-22-40)68(37(4)5,38(6)7)67-47-34-49(57-35-39(8)51(60)56-53(57)62)66-48(47)36-65-54(41-18-15-14-16-19-41,42-23-27-44(63-9)28-24-42)43-25-29-45(64-10)30-26-43/h14-16,18-19,21-32,35,37-38,47-49H,11-13,17,20,33-34,36H2,1-10H3,(H-,55,56,60,61,62)/p+1/t47-,48+,49+/m0/s1. The average Bonchev–Trinajstić information content (AvgIpc) is 3.76. The summed E-state index contributed by atoms with van der Waals surface area (Å²) in [5.41, 5.74) is 1.44. The van der Waals surface area contributed by atoms with Crippen LogP contribution in [0.1, 0.15) is 107 Å². The van der Waals surface area contributed by atoms with Crippen LogP contribution in [0.3, 0.4) is 0 Å². The third-order valence-electron chi connectivity index (χ3n) is 14.1. The van der Waals surface area contributed by atoms with E-state index in [0.29, 0.717) is 52.9 Å². The number of aromatic amines is 1. The summed E-state index contributed by atoms with van der Waals surface area (Å²) in [5, 5.41) is 4.04. The number of aryl methyl sites for hydroxylation is 1. The highest BCUT2D eigenvalue weighted by Crippen LogP contribution is 2.44. The van der Waals surface area contributed by atoms with Crippen molar-refractivity contribution in [3.8, 4) is 11.5 Å². The molecule has 5 aromatic rings. The second-order valence-corrected chi connectivity index (χ2v) is 23.1. The summed E-state index contributed by atoms with van der Waals surface area (Å²) in [7, 11) is 0.273. The molecule has 1 aromatic heterocycles. The summed E-state index contributed by atoms with van der Waals surface area (Å²) in [6.45, 7) is 19.2. The van der Waals surface area contributed by atoms with Gasteiger partial charge < -0.3 is 28.7 Å². The number of benzene rings is 4. The molecule has 1 fully saturated rings. The van der Waals surface area contributed by atoms with Crippen molar-refractivity contribution in [3.05, 3.63) is 158 Å². The predicted molar refractivity (Wildman–Crippen MR) is 268 cm³/mol. The first kappa shape index (κ1) is 51.7. The van der Waals surface area contributed by atoms with Crippen LogP contribution < -0.4 is 31.2 Å². The summed E-state index contributed by atoms with van der Waals surface area (Å²) in [4.78, 5) is 55.0. The molecule has 0 spiro atoms. The first-order valence-electron chi connectivity index (χ1n) is 24.0. The van der Waals surface area contributed by atoms with Crippen molar-refractivity contribution in [3.63, 3.8) is 0 Å². The van der Waals surface area contributed by atoms with Crippen molar-refractivity contribution in [2.45, 2.75) is 110 Å². The van der Waals surface area contributed by atoms with Gasteiger partial charge in [0.2, 0.25) is 8.32 Å². The number of carbonyl (C=O) groups excluding carboxylic acids is 2. The molecule has 2 heterocycles. The van der Waals surface area contributed by atoms with E-state index in [1.165, 1.54) is 4.57 Å². The number of ether oxygens (including phenoxy) is 4. The Balaban J connectivity index is 1.35. The number of amides is 2. The molecule has 4 aromatic carbocycles. The van der Waals surface area contributed by atoms with Crippen molar-refractivity contribution < 1.29 is 37.4 Å². The summed E-state index contributed by atoms with van der Waals surface area (Å²) in [6.07, 6.45) is 0.795. The number of rotatable bonds is 22. The normalized spacial score (nSPS) is 16.6. The Bertz CT molecular complexity index is 2490. The van der Waals surface area contributed by atoms with E-state index in [4.69, 9.17) is 23.4 Å². The fourth-order valence-corrected chi connectivity index (χ4v) is 14.8. The molecule has 0 radical (unpaired) electrons. The molecule has 364 valence electrons. The third kappa shape index (κ3) is 10.6. The molecule has 0 bridgehead atoms. The van der Waals surface area contributed by atoms with Crippen LogP contribution in [0.15, 0.2) is 119 Å². The number of nitrogens with zero attached hydrogens (tertiary/aromatic N) is 2.